The first-order valence-corrected chi connectivity index (χ1v) is 6.68. The van der Waals surface area contributed by atoms with Crippen molar-refractivity contribution < 1.29 is 14.6 Å². The smallest absolute Gasteiger partial charge is 0.172 e. The van der Waals surface area contributed by atoms with Crippen LogP contribution in [0.3, 0.4) is 0 Å². The van der Waals surface area contributed by atoms with E-state index >= 15 is 0 Å². The lowest BCUT2D eigenvalue weighted by molar-refractivity contribution is 0.147. The Hall–Kier alpha value is -0.780. The van der Waals surface area contributed by atoms with E-state index in [1.54, 1.807) is 14.2 Å². The third kappa shape index (κ3) is 4.15. The highest BCUT2D eigenvalue weighted by atomic mass is 79.9. The maximum absolute atomic E-state index is 9.75. The second-order valence-corrected chi connectivity index (χ2v) is 4.84. The van der Waals surface area contributed by atoms with E-state index in [4.69, 9.17) is 9.47 Å². The van der Waals surface area contributed by atoms with E-state index in [-0.39, 0.29) is 5.75 Å². The molecule has 0 unspecified atom stereocenters. The summed E-state index contributed by atoms with van der Waals surface area (Å²) < 4.78 is 10.9. The molecule has 0 spiro atoms. The first-order chi connectivity index (χ1) is 8.62. The standard InChI is InChI=1S/C13H20BrNO3/c1-4-15(5-6-17-2)9-10-7-11(14)13(16)12(8-10)18-3/h7-8,16H,4-6,9H2,1-3H3. The van der Waals surface area contributed by atoms with E-state index in [0.717, 1.165) is 25.2 Å². The van der Waals surface area contributed by atoms with Crippen LogP contribution >= 0.6 is 15.9 Å². The molecule has 1 aromatic carbocycles. The van der Waals surface area contributed by atoms with Gasteiger partial charge in [-0.3, -0.25) is 4.90 Å². The number of ether oxygens (including phenoxy) is 2. The van der Waals surface area contributed by atoms with Gasteiger partial charge in [0, 0.05) is 20.2 Å². The van der Waals surface area contributed by atoms with Gasteiger partial charge in [0.25, 0.3) is 0 Å². The van der Waals surface area contributed by atoms with E-state index in [1.165, 1.54) is 0 Å². The molecule has 0 saturated heterocycles. The van der Waals surface area contributed by atoms with Crippen molar-refractivity contribution >= 4 is 15.9 Å². The Balaban J connectivity index is 2.79. The van der Waals surface area contributed by atoms with Crippen LogP contribution in [0.15, 0.2) is 16.6 Å². The van der Waals surface area contributed by atoms with Gasteiger partial charge in [-0.05, 0) is 40.2 Å². The number of aromatic hydroxyl groups is 1. The number of halogens is 1. The highest BCUT2D eigenvalue weighted by Crippen LogP contribution is 2.35. The van der Waals surface area contributed by atoms with Crippen molar-refractivity contribution in [2.75, 3.05) is 33.9 Å². The lowest BCUT2D eigenvalue weighted by Crippen LogP contribution is -2.26. The molecule has 0 heterocycles. The van der Waals surface area contributed by atoms with Gasteiger partial charge in [-0.2, -0.15) is 0 Å². The number of phenols is 1. The van der Waals surface area contributed by atoms with Crippen LogP contribution < -0.4 is 4.74 Å². The highest BCUT2D eigenvalue weighted by Gasteiger charge is 2.10. The number of likely N-dealkylation sites (N-methyl/N-ethyl adjacent to an activating group) is 1. The van der Waals surface area contributed by atoms with Gasteiger partial charge in [0.2, 0.25) is 0 Å². The summed E-state index contributed by atoms with van der Waals surface area (Å²) >= 11 is 3.33. The van der Waals surface area contributed by atoms with Gasteiger partial charge in [0.1, 0.15) is 0 Å². The summed E-state index contributed by atoms with van der Waals surface area (Å²) in [5.41, 5.74) is 1.09. The van der Waals surface area contributed by atoms with Gasteiger partial charge in [0.15, 0.2) is 11.5 Å². The zero-order chi connectivity index (χ0) is 13.5. The van der Waals surface area contributed by atoms with Crippen molar-refractivity contribution in [1.29, 1.82) is 0 Å². The molecule has 4 nitrogen and oxygen atoms in total. The summed E-state index contributed by atoms with van der Waals surface area (Å²) in [5.74, 6) is 0.628. The Morgan fingerprint density at radius 2 is 2.06 bits per heavy atom. The fraction of sp³-hybridized carbons (Fsp3) is 0.538. The molecule has 0 radical (unpaired) electrons. The Bertz CT molecular complexity index is 385. The Morgan fingerprint density at radius 1 is 1.33 bits per heavy atom. The van der Waals surface area contributed by atoms with E-state index in [0.29, 0.717) is 16.8 Å². The predicted molar refractivity (Wildman–Crippen MR) is 75.2 cm³/mol. The molecule has 5 heteroatoms. The molecule has 0 aliphatic heterocycles. The number of methoxy groups -OCH3 is 2. The van der Waals surface area contributed by atoms with E-state index in [9.17, 15) is 5.11 Å². The van der Waals surface area contributed by atoms with Crippen LogP contribution in [0.1, 0.15) is 12.5 Å². The number of benzene rings is 1. The second kappa shape index (κ2) is 7.61. The van der Waals surface area contributed by atoms with Crippen LogP contribution in [0, 0.1) is 0 Å². The summed E-state index contributed by atoms with van der Waals surface area (Å²) in [6.45, 7) is 5.46. The molecular formula is C13H20BrNO3. The molecule has 0 aliphatic carbocycles. The lowest BCUT2D eigenvalue weighted by Gasteiger charge is -2.20. The number of hydrogen-bond donors (Lipinski definition) is 1. The largest absolute Gasteiger partial charge is 0.503 e. The molecular weight excluding hydrogens is 298 g/mol. The molecule has 0 atom stereocenters. The normalized spacial score (nSPS) is 10.9. The lowest BCUT2D eigenvalue weighted by atomic mass is 10.2. The highest BCUT2D eigenvalue weighted by molar-refractivity contribution is 9.10. The van der Waals surface area contributed by atoms with Crippen LogP contribution in [0.2, 0.25) is 0 Å². The summed E-state index contributed by atoms with van der Waals surface area (Å²) in [4.78, 5) is 2.27. The van der Waals surface area contributed by atoms with E-state index in [2.05, 4.69) is 27.8 Å². The molecule has 102 valence electrons. The minimum absolute atomic E-state index is 0.140. The first-order valence-electron chi connectivity index (χ1n) is 5.89. The van der Waals surface area contributed by atoms with Crippen molar-refractivity contribution in [3.63, 3.8) is 0 Å². The van der Waals surface area contributed by atoms with Crippen molar-refractivity contribution in [2.45, 2.75) is 13.5 Å². The third-order valence-corrected chi connectivity index (χ3v) is 3.38. The zero-order valence-electron chi connectivity index (χ0n) is 11.1. The molecule has 0 aromatic heterocycles. The molecule has 0 aliphatic rings. The van der Waals surface area contributed by atoms with Gasteiger partial charge >= 0.3 is 0 Å². The summed E-state index contributed by atoms with van der Waals surface area (Å²) in [5, 5.41) is 9.75. The van der Waals surface area contributed by atoms with Crippen molar-refractivity contribution in [3.8, 4) is 11.5 Å². The number of nitrogens with zero attached hydrogens (tertiary/aromatic N) is 1. The van der Waals surface area contributed by atoms with Gasteiger partial charge in [0.05, 0.1) is 18.2 Å². The summed E-state index contributed by atoms with van der Waals surface area (Å²) in [6, 6.07) is 3.77. The average molecular weight is 318 g/mol. The molecule has 1 N–H and O–H groups in total. The van der Waals surface area contributed by atoms with Crippen LogP contribution in [-0.4, -0.2) is 43.9 Å². The Morgan fingerprint density at radius 3 is 2.61 bits per heavy atom. The van der Waals surface area contributed by atoms with Gasteiger partial charge in [-0.15, -0.1) is 0 Å². The molecule has 1 aromatic rings. The fourth-order valence-corrected chi connectivity index (χ4v) is 2.19. The molecule has 1 rings (SSSR count). The first kappa shape index (κ1) is 15.3. The Kier molecular flexibility index (Phi) is 6.46. The van der Waals surface area contributed by atoms with E-state index in [1.807, 2.05) is 12.1 Å². The average Bonchev–Trinajstić information content (AvgIpc) is 2.38. The second-order valence-electron chi connectivity index (χ2n) is 3.99. The molecule has 0 saturated carbocycles. The number of phenolic OH excluding ortho intramolecular Hbond substituents is 1. The number of hydrogen-bond acceptors (Lipinski definition) is 4. The summed E-state index contributed by atoms with van der Waals surface area (Å²) in [7, 11) is 3.25. The Labute approximate surface area is 117 Å². The quantitative estimate of drug-likeness (QED) is 0.839. The molecule has 0 amide bonds. The third-order valence-electron chi connectivity index (χ3n) is 2.77. The van der Waals surface area contributed by atoms with Crippen LogP contribution in [-0.2, 0) is 11.3 Å². The minimum atomic E-state index is 0.140. The predicted octanol–water partition coefficient (Wildman–Crippen LogP) is 2.63. The topological polar surface area (TPSA) is 41.9 Å². The van der Waals surface area contributed by atoms with Crippen molar-refractivity contribution in [3.05, 3.63) is 22.2 Å². The molecule has 0 bridgehead atoms. The zero-order valence-corrected chi connectivity index (χ0v) is 12.7. The van der Waals surface area contributed by atoms with Gasteiger partial charge in [-0.25, -0.2) is 0 Å². The van der Waals surface area contributed by atoms with Crippen molar-refractivity contribution in [2.24, 2.45) is 0 Å². The fourth-order valence-electron chi connectivity index (χ4n) is 1.70. The van der Waals surface area contributed by atoms with E-state index < -0.39 is 0 Å². The molecule has 0 fully saturated rings. The van der Waals surface area contributed by atoms with Crippen LogP contribution in [0.25, 0.3) is 0 Å². The van der Waals surface area contributed by atoms with Crippen LogP contribution in [0.4, 0.5) is 0 Å². The SMILES string of the molecule is CCN(CCOC)Cc1cc(Br)c(O)c(OC)c1. The van der Waals surface area contributed by atoms with Gasteiger partial charge in [-0.1, -0.05) is 6.92 Å². The van der Waals surface area contributed by atoms with Gasteiger partial charge < -0.3 is 14.6 Å². The number of rotatable bonds is 7. The summed E-state index contributed by atoms with van der Waals surface area (Å²) in [6.07, 6.45) is 0. The van der Waals surface area contributed by atoms with Crippen LogP contribution in [0.5, 0.6) is 11.5 Å². The maximum atomic E-state index is 9.75. The van der Waals surface area contributed by atoms with Crippen molar-refractivity contribution in [1.82, 2.24) is 4.90 Å². The monoisotopic (exact) mass is 317 g/mol. The minimum Gasteiger partial charge on any atom is -0.503 e. The maximum Gasteiger partial charge on any atom is 0.172 e. The molecule has 18 heavy (non-hydrogen) atoms.